The van der Waals surface area contributed by atoms with Gasteiger partial charge in [-0.15, -0.1) is 15.0 Å². The van der Waals surface area contributed by atoms with Crippen LogP contribution in [0.15, 0.2) is 78.9 Å². The molecule has 4 heteroatoms. The molecule has 0 aliphatic carbocycles. The summed E-state index contributed by atoms with van der Waals surface area (Å²) in [4.78, 5) is 1.69. The molecule has 0 amide bonds. The van der Waals surface area contributed by atoms with E-state index in [2.05, 4.69) is 27.6 Å². The number of benzene rings is 3. The number of rotatable bonds is 4. The Morgan fingerprint density at radius 3 is 2.04 bits per heavy atom. The van der Waals surface area contributed by atoms with Crippen molar-refractivity contribution < 1.29 is 0 Å². The largest absolute Gasteiger partial charge is 0.379 e. The predicted molar refractivity (Wildman–Crippen MR) is 92.6 cm³/mol. The third kappa shape index (κ3) is 2.79. The lowest BCUT2D eigenvalue weighted by Gasteiger charge is -2.11. The molecule has 0 aliphatic rings. The van der Waals surface area contributed by atoms with Crippen molar-refractivity contribution in [3.63, 3.8) is 0 Å². The maximum atomic E-state index is 4.56. The second-order valence-corrected chi connectivity index (χ2v) is 5.33. The summed E-state index contributed by atoms with van der Waals surface area (Å²) in [5.41, 5.74) is 4.98. The summed E-state index contributed by atoms with van der Waals surface area (Å²) in [6, 6.07) is 26.3. The lowest BCUT2D eigenvalue weighted by atomic mass is 10.2. The molecular formula is C19H16N4. The molecule has 3 aromatic carbocycles. The van der Waals surface area contributed by atoms with Crippen LogP contribution in [0.25, 0.3) is 16.7 Å². The molecule has 1 aromatic heterocycles. The van der Waals surface area contributed by atoms with E-state index in [1.165, 1.54) is 5.56 Å². The zero-order valence-electron chi connectivity index (χ0n) is 12.6. The minimum Gasteiger partial charge on any atom is -0.379 e. The van der Waals surface area contributed by atoms with Gasteiger partial charge in [0.1, 0.15) is 16.7 Å². The molecule has 0 atom stereocenters. The van der Waals surface area contributed by atoms with Crippen LogP contribution in [0, 0.1) is 0 Å². The summed E-state index contributed by atoms with van der Waals surface area (Å²) in [7, 11) is 0. The van der Waals surface area contributed by atoms with Gasteiger partial charge in [-0.25, -0.2) is 0 Å². The van der Waals surface area contributed by atoms with E-state index in [1.807, 2.05) is 66.7 Å². The Morgan fingerprint density at radius 1 is 0.696 bits per heavy atom. The molecule has 0 bridgehead atoms. The van der Waals surface area contributed by atoms with E-state index < -0.39 is 0 Å². The van der Waals surface area contributed by atoms with Crippen molar-refractivity contribution in [1.29, 1.82) is 0 Å². The molecule has 1 N–H and O–H groups in total. The first-order valence-electron chi connectivity index (χ1n) is 7.59. The Morgan fingerprint density at radius 2 is 1.30 bits per heavy atom. The van der Waals surface area contributed by atoms with Gasteiger partial charge in [0.15, 0.2) is 0 Å². The molecule has 4 rings (SSSR count). The summed E-state index contributed by atoms with van der Waals surface area (Å²) in [6.07, 6.45) is 0. The van der Waals surface area contributed by atoms with Crippen molar-refractivity contribution in [2.45, 2.75) is 6.54 Å². The maximum Gasteiger partial charge on any atom is 0.113 e. The molecule has 0 fully saturated rings. The number of nitrogens with one attached hydrogen (secondary N) is 1. The van der Waals surface area contributed by atoms with E-state index in [1.54, 1.807) is 4.80 Å². The van der Waals surface area contributed by atoms with Gasteiger partial charge < -0.3 is 5.32 Å². The van der Waals surface area contributed by atoms with Crippen LogP contribution < -0.4 is 5.32 Å². The first kappa shape index (κ1) is 13.5. The molecular weight excluding hydrogens is 284 g/mol. The van der Waals surface area contributed by atoms with Crippen molar-refractivity contribution in [3.8, 4) is 5.69 Å². The number of para-hydroxylation sites is 2. The van der Waals surface area contributed by atoms with Gasteiger partial charge in [-0.2, -0.15) is 0 Å². The molecule has 0 saturated carbocycles. The Hall–Kier alpha value is -3.14. The molecule has 0 aliphatic heterocycles. The Kier molecular flexibility index (Phi) is 3.48. The third-order valence-corrected chi connectivity index (χ3v) is 3.73. The Labute approximate surface area is 134 Å². The van der Waals surface area contributed by atoms with Crippen LogP contribution in [0.3, 0.4) is 0 Å². The predicted octanol–water partition coefficient (Wildman–Crippen LogP) is 4.03. The summed E-state index contributed by atoms with van der Waals surface area (Å²) >= 11 is 0. The number of hydrogen-bond acceptors (Lipinski definition) is 3. The zero-order valence-corrected chi connectivity index (χ0v) is 12.6. The number of aromatic nitrogens is 3. The van der Waals surface area contributed by atoms with Gasteiger partial charge in [-0.1, -0.05) is 54.6 Å². The molecule has 4 nitrogen and oxygen atoms in total. The van der Waals surface area contributed by atoms with Gasteiger partial charge in [0.05, 0.1) is 5.69 Å². The normalized spacial score (nSPS) is 10.8. The van der Waals surface area contributed by atoms with Crippen LogP contribution in [-0.4, -0.2) is 15.0 Å². The lowest BCUT2D eigenvalue weighted by Crippen LogP contribution is -2.06. The van der Waals surface area contributed by atoms with Crippen molar-refractivity contribution in [1.82, 2.24) is 15.0 Å². The summed E-state index contributed by atoms with van der Waals surface area (Å²) in [6.45, 7) is 0.763. The topological polar surface area (TPSA) is 42.7 Å². The van der Waals surface area contributed by atoms with E-state index in [0.717, 1.165) is 29.0 Å². The third-order valence-electron chi connectivity index (χ3n) is 3.73. The Balaban J connectivity index is 1.66. The van der Waals surface area contributed by atoms with Gasteiger partial charge in [-0.05, 0) is 29.8 Å². The van der Waals surface area contributed by atoms with Gasteiger partial charge in [0.25, 0.3) is 0 Å². The van der Waals surface area contributed by atoms with Crippen LogP contribution in [0.5, 0.6) is 0 Å². The fraction of sp³-hybridized carbons (Fsp3) is 0.0526. The highest BCUT2D eigenvalue weighted by Crippen LogP contribution is 2.21. The van der Waals surface area contributed by atoms with Crippen LogP contribution in [0.1, 0.15) is 5.56 Å². The fourth-order valence-electron chi connectivity index (χ4n) is 2.56. The van der Waals surface area contributed by atoms with E-state index in [9.17, 15) is 0 Å². The average Bonchev–Trinajstić information content (AvgIpc) is 3.05. The standard InChI is InChI=1S/C19H16N4/c1-2-8-15(9-3-1)14-20-18-12-6-7-13-19(18)23-21-16-10-4-5-11-17(16)22-23/h1-13,20H,14H2. The number of nitrogens with zero attached hydrogens (tertiary/aromatic N) is 3. The van der Waals surface area contributed by atoms with Crippen molar-refractivity contribution in [2.24, 2.45) is 0 Å². The van der Waals surface area contributed by atoms with Crippen molar-refractivity contribution >= 4 is 16.7 Å². The van der Waals surface area contributed by atoms with E-state index >= 15 is 0 Å². The fourth-order valence-corrected chi connectivity index (χ4v) is 2.56. The molecule has 0 radical (unpaired) electrons. The summed E-state index contributed by atoms with van der Waals surface area (Å²) in [5.74, 6) is 0. The van der Waals surface area contributed by atoms with Crippen molar-refractivity contribution in [3.05, 3.63) is 84.4 Å². The SMILES string of the molecule is c1ccc(CNc2ccccc2-n2nc3ccccc3n2)cc1. The van der Waals surface area contributed by atoms with Crippen LogP contribution in [-0.2, 0) is 6.54 Å². The second-order valence-electron chi connectivity index (χ2n) is 5.33. The van der Waals surface area contributed by atoms with Crippen molar-refractivity contribution in [2.75, 3.05) is 5.32 Å². The number of hydrogen-bond donors (Lipinski definition) is 1. The second kappa shape index (κ2) is 5.93. The van der Waals surface area contributed by atoms with Gasteiger partial charge >= 0.3 is 0 Å². The lowest BCUT2D eigenvalue weighted by molar-refractivity contribution is 0.766. The van der Waals surface area contributed by atoms with Crippen LogP contribution >= 0.6 is 0 Å². The Bertz CT molecular complexity index is 895. The minimum absolute atomic E-state index is 0.763. The van der Waals surface area contributed by atoms with Crippen LogP contribution in [0.2, 0.25) is 0 Å². The molecule has 0 saturated heterocycles. The van der Waals surface area contributed by atoms with E-state index in [-0.39, 0.29) is 0 Å². The molecule has 23 heavy (non-hydrogen) atoms. The van der Waals surface area contributed by atoms with Crippen LogP contribution in [0.4, 0.5) is 5.69 Å². The molecule has 1 heterocycles. The van der Waals surface area contributed by atoms with Gasteiger partial charge in [-0.3, -0.25) is 0 Å². The highest BCUT2D eigenvalue weighted by atomic mass is 15.5. The molecule has 0 spiro atoms. The van der Waals surface area contributed by atoms with E-state index in [4.69, 9.17) is 0 Å². The maximum absolute atomic E-state index is 4.56. The molecule has 112 valence electrons. The summed E-state index contributed by atoms with van der Waals surface area (Å²) < 4.78 is 0. The highest BCUT2D eigenvalue weighted by Gasteiger charge is 2.08. The molecule has 0 unspecified atom stereocenters. The quantitative estimate of drug-likeness (QED) is 0.618. The monoisotopic (exact) mass is 300 g/mol. The summed E-state index contributed by atoms with van der Waals surface area (Å²) in [5, 5.41) is 12.6. The van der Waals surface area contributed by atoms with Gasteiger partial charge in [0.2, 0.25) is 0 Å². The average molecular weight is 300 g/mol. The first-order valence-corrected chi connectivity index (χ1v) is 7.59. The number of anilines is 1. The zero-order chi connectivity index (χ0) is 15.5. The minimum atomic E-state index is 0.763. The highest BCUT2D eigenvalue weighted by molar-refractivity contribution is 5.74. The van der Waals surface area contributed by atoms with E-state index in [0.29, 0.717) is 0 Å². The molecule has 4 aromatic rings. The van der Waals surface area contributed by atoms with Gasteiger partial charge in [0, 0.05) is 6.54 Å². The first-order chi connectivity index (χ1) is 11.4. The smallest absolute Gasteiger partial charge is 0.113 e. The number of fused-ring (bicyclic) bond motifs is 1.